The van der Waals surface area contributed by atoms with E-state index in [1.54, 1.807) is 66.7 Å². The van der Waals surface area contributed by atoms with Crippen LogP contribution in [0.4, 0.5) is 28.9 Å². The van der Waals surface area contributed by atoms with Crippen molar-refractivity contribution in [2.24, 2.45) is 0 Å². The molecule has 10 aromatic rings. The molecule has 392 valence electrons. The molecule has 0 unspecified atom stereocenters. The number of fused-ring (bicyclic) bond motifs is 2. The molecule has 6 N–H and O–H groups in total. The maximum atomic E-state index is 14.8. The van der Waals surface area contributed by atoms with E-state index in [2.05, 4.69) is 25.9 Å². The molecule has 0 aliphatic carbocycles. The van der Waals surface area contributed by atoms with E-state index >= 15 is 0 Å². The first kappa shape index (κ1) is 57.1. The van der Waals surface area contributed by atoms with Gasteiger partial charge in [-0.25, -0.2) is 27.5 Å². The molecule has 0 aliphatic rings. The summed E-state index contributed by atoms with van der Waals surface area (Å²) < 4.78 is 60.9. The van der Waals surface area contributed by atoms with Crippen molar-refractivity contribution in [3.05, 3.63) is 237 Å². The first-order chi connectivity index (χ1) is 37.1. The first-order valence-corrected chi connectivity index (χ1v) is 25.2. The molecule has 0 amide bonds. The van der Waals surface area contributed by atoms with Gasteiger partial charge in [-0.05, 0) is 112 Å². The van der Waals surface area contributed by atoms with Gasteiger partial charge in [0.2, 0.25) is 11.6 Å². The Kier molecular flexibility index (Phi) is 17.5. The minimum atomic E-state index is -1.41. The lowest BCUT2D eigenvalue weighted by Crippen LogP contribution is -2.29. The van der Waals surface area contributed by atoms with Crippen LogP contribution in [0.5, 0.6) is 0 Å². The van der Waals surface area contributed by atoms with Crippen molar-refractivity contribution in [3.63, 3.8) is 0 Å². The Bertz CT molecular complexity index is 4020. The lowest BCUT2D eigenvalue weighted by molar-refractivity contribution is 0.0955. The minimum absolute atomic E-state index is 0.00670. The topological polar surface area (TPSA) is 196 Å². The van der Waals surface area contributed by atoms with Crippen LogP contribution in [0.2, 0.25) is 30.1 Å². The molecule has 10 rings (SSSR count). The van der Waals surface area contributed by atoms with Crippen LogP contribution in [-0.4, -0.2) is 59.6 Å². The molecule has 4 aromatic heterocycles. The van der Waals surface area contributed by atoms with E-state index in [0.29, 0.717) is 31.1 Å². The summed E-state index contributed by atoms with van der Waals surface area (Å²) in [5.41, 5.74) is 10.2. The van der Waals surface area contributed by atoms with Gasteiger partial charge in [0.1, 0.15) is 22.9 Å². The van der Waals surface area contributed by atoms with Gasteiger partial charge in [-0.2, -0.15) is 0 Å². The molecular formula is C54H30BBrCl6F4N6O6. The van der Waals surface area contributed by atoms with E-state index in [1.807, 2.05) is 0 Å². The van der Waals surface area contributed by atoms with Crippen molar-refractivity contribution in [1.29, 1.82) is 0 Å². The molecule has 0 fully saturated rings. The van der Waals surface area contributed by atoms with Crippen LogP contribution in [0.1, 0.15) is 52.6 Å². The van der Waals surface area contributed by atoms with Crippen LogP contribution < -0.4 is 16.9 Å². The van der Waals surface area contributed by atoms with Gasteiger partial charge < -0.3 is 21.5 Å². The fourth-order valence-electron chi connectivity index (χ4n) is 7.76. The lowest BCUT2D eigenvalue weighted by atomic mass is 9.81. The van der Waals surface area contributed by atoms with E-state index in [0.717, 1.165) is 45.8 Å². The summed E-state index contributed by atoms with van der Waals surface area (Å²) in [6, 6.07) is 29.2. The van der Waals surface area contributed by atoms with Crippen LogP contribution in [0.3, 0.4) is 0 Å². The minimum Gasteiger partial charge on any atom is -0.423 e. The smallest absolute Gasteiger partial charge is 0.423 e. The van der Waals surface area contributed by atoms with Gasteiger partial charge in [0.15, 0.2) is 11.6 Å². The average Bonchev–Trinajstić information content (AvgIpc) is 4.01. The van der Waals surface area contributed by atoms with E-state index in [4.69, 9.17) is 91.1 Å². The van der Waals surface area contributed by atoms with Crippen molar-refractivity contribution >= 4 is 155 Å². The molecule has 0 saturated heterocycles. The van der Waals surface area contributed by atoms with Gasteiger partial charge in [0.05, 0.1) is 64.8 Å². The van der Waals surface area contributed by atoms with Gasteiger partial charge in [0, 0.05) is 55.6 Å². The van der Waals surface area contributed by atoms with Gasteiger partial charge in [-0.3, -0.25) is 28.3 Å². The Morgan fingerprint density at radius 1 is 0.513 bits per heavy atom. The predicted octanol–water partition coefficient (Wildman–Crippen LogP) is 13.3. The number of nitrogens with two attached hydrogens (primary N) is 2. The highest BCUT2D eigenvalue weighted by Gasteiger charge is 2.30. The third-order valence-corrected chi connectivity index (χ3v) is 13.8. The fraction of sp³-hybridized carbons (Fsp3) is 0. The fourth-order valence-corrected chi connectivity index (χ4v) is 9.47. The van der Waals surface area contributed by atoms with Crippen LogP contribution in [0, 0.1) is 23.3 Å². The average molecular weight is 1240 g/mol. The number of anilines is 2. The van der Waals surface area contributed by atoms with Crippen molar-refractivity contribution in [1.82, 2.24) is 19.1 Å². The quantitative estimate of drug-likeness (QED) is 0.0492. The monoisotopic (exact) mass is 1230 g/mol. The van der Waals surface area contributed by atoms with Crippen LogP contribution in [0.15, 0.2) is 151 Å². The molecule has 0 spiro atoms. The predicted molar refractivity (Wildman–Crippen MR) is 300 cm³/mol. The maximum Gasteiger partial charge on any atom is 0.488 e. The SMILES string of the molecule is Nc1ccc(F)c(C(=O)c2cn(C(=O)c3c(Cl)cccc3Cl)c3ncc(-c4ccc(Cl)cc4)cc23)c1F.Nc1ccc(F)c(C(=O)c2cn(C(=O)c3c(Cl)cccc3Cl)c3ncc(Br)cc23)c1F.OB(O)c1ccc(Cl)cc1. The highest BCUT2D eigenvalue weighted by molar-refractivity contribution is 9.10. The number of nitrogen functional groups attached to an aromatic ring is 2. The summed E-state index contributed by atoms with van der Waals surface area (Å²) in [6.45, 7) is 0. The second-order valence-electron chi connectivity index (χ2n) is 16.5. The number of hydrogen-bond donors (Lipinski definition) is 4. The summed E-state index contributed by atoms with van der Waals surface area (Å²) in [6.07, 6.45) is 5.22. The summed E-state index contributed by atoms with van der Waals surface area (Å²) in [4.78, 5) is 61.9. The Hall–Kier alpha value is -7.10. The number of rotatable bonds is 8. The van der Waals surface area contributed by atoms with Crippen molar-refractivity contribution < 1.29 is 46.8 Å². The summed E-state index contributed by atoms with van der Waals surface area (Å²) in [7, 11) is -1.41. The number of ketones is 2. The number of hydrogen-bond acceptors (Lipinski definition) is 10. The molecule has 0 aliphatic heterocycles. The normalized spacial score (nSPS) is 10.9. The number of pyridine rings is 2. The Balaban J connectivity index is 0.000000177. The summed E-state index contributed by atoms with van der Waals surface area (Å²) in [5, 5.41) is 19.1. The second kappa shape index (κ2) is 23.9. The Morgan fingerprint density at radius 3 is 1.33 bits per heavy atom. The van der Waals surface area contributed by atoms with Crippen molar-refractivity contribution in [2.75, 3.05) is 11.5 Å². The highest BCUT2D eigenvalue weighted by atomic mass is 79.9. The van der Waals surface area contributed by atoms with Crippen molar-refractivity contribution in [3.8, 4) is 11.1 Å². The third-order valence-electron chi connectivity index (χ3n) is 11.6. The van der Waals surface area contributed by atoms with Gasteiger partial charge >= 0.3 is 7.12 Å². The van der Waals surface area contributed by atoms with E-state index in [-0.39, 0.29) is 70.1 Å². The highest BCUT2D eigenvalue weighted by Crippen LogP contribution is 2.35. The molecule has 24 heteroatoms. The lowest BCUT2D eigenvalue weighted by Gasteiger charge is -2.08. The molecule has 0 radical (unpaired) electrons. The standard InChI is InChI=1S/C27H14Cl3F2N3O2.C21H10BrCl2F2N3O2.C6H6BClO2/c28-15-6-4-13(5-7-15)14-10-16-17(25(36)23-20(31)8-9-21(33)24(23)32)12-35(26(16)34-11-14)27(37)22-18(29)2-1-3-19(22)30;22-9-6-10-11(19(30)17-14(25)4-5-15(27)18(17)26)8-29(20(10)28-7-9)21(31)16-12(23)2-1-3-13(16)24;8-6-3-1-5(2-4-6)7(9)10/h1-12H,33H2;1-8H,27H2;1-4,9-10H. The molecular weight excluding hydrogens is 1210 g/mol. The van der Waals surface area contributed by atoms with Crippen LogP contribution in [0.25, 0.3) is 33.2 Å². The maximum absolute atomic E-state index is 14.8. The molecule has 78 heavy (non-hydrogen) atoms. The largest absolute Gasteiger partial charge is 0.488 e. The Morgan fingerprint density at radius 2 is 0.910 bits per heavy atom. The zero-order valence-electron chi connectivity index (χ0n) is 39.1. The van der Waals surface area contributed by atoms with Gasteiger partial charge in [-0.1, -0.05) is 106 Å². The number of benzene rings is 6. The van der Waals surface area contributed by atoms with Crippen LogP contribution in [-0.2, 0) is 0 Å². The van der Waals surface area contributed by atoms with Crippen molar-refractivity contribution in [2.45, 2.75) is 0 Å². The zero-order chi connectivity index (χ0) is 56.4. The van der Waals surface area contributed by atoms with E-state index in [9.17, 15) is 36.7 Å². The number of aromatic nitrogens is 4. The molecule has 0 bridgehead atoms. The van der Waals surface area contributed by atoms with Gasteiger partial charge in [-0.15, -0.1) is 0 Å². The zero-order valence-corrected chi connectivity index (χ0v) is 45.2. The first-order valence-electron chi connectivity index (χ1n) is 22.2. The Labute approximate surface area is 477 Å². The third kappa shape index (κ3) is 11.7. The number of halogens is 11. The van der Waals surface area contributed by atoms with E-state index < -0.39 is 70.6 Å². The van der Waals surface area contributed by atoms with Crippen LogP contribution >= 0.6 is 85.5 Å². The number of carbonyl (C=O) groups is 4. The number of carbonyl (C=O) groups excluding carboxylic acids is 4. The summed E-state index contributed by atoms with van der Waals surface area (Å²) >= 11 is 39.6. The molecule has 6 aromatic carbocycles. The van der Waals surface area contributed by atoms with Gasteiger partial charge in [0.25, 0.3) is 11.8 Å². The van der Waals surface area contributed by atoms with E-state index in [1.165, 1.54) is 42.7 Å². The molecule has 4 heterocycles. The number of nitrogens with zero attached hydrogens (tertiary/aromatic N) is 4. The molecule has 12 nitrogen and oxygen atoms in total. The summed E-state index contributed by atoms with van der Waals surface area (Å²) in [5.74, 6) is -7.92. The second-order valence-corrected chi connectivity index (χ2v) is 19.9. The molecule has 0 saturated carbocycles. The molecule has 0 atom stereocenters.